The Labute approximate surface area is 110 Å². The van der Waals surface area contributed by atoms with Gasteiger partial charge in [0.15, 0.2) is 0 Å². The summed E-state index contributed by atoms with van der Waals surface area (Å²) in [6, 6.07) is 8.71. The second kappa shape index (κ2) is 6.08. The van der Waals surface area contributed by atoms with Gasteiger partial charge in [-0.15, -0.1) is 0 Å². The van der Waals surface area contributed by atoms with E-state index >= 15 is 0 Å². The van der Waals surface area contributed by atoms with Crippen molar-refractivity contribution < 1.29 is 14.6 Å². The summed E-state index contributed by atoms with van der Waals surface area (Å²) in [6.07, 6.45) is -1.35. The summed E-state index contributed by atoms with van der Waals surface area (Å²) >= 11 is 0. The number of carbonyl (C=O) groups is 1. The molecule has 1 fully saturated rings. The first-order chi connectivity index (χ1) is 9.20. The summed E-state index contributed by atoms with van der Waals surface area (Å²) in [6.45, 7) is 0.481. The quantitative estimate of drug-likeness (QED) is 0.509. The summed E-state index contributed by atoms with van der Waals surface area (Å²) in [5.41, 5.74) is 9.22. The number of ether oxygens (including phenoxy) is 1. The second-order valence-corrected chi connectivity index (χ2v) is 4.28. The number of aliphatic hydroxyl groups is 1. The number of amides is 1. The van der Waals surface area contributed by atoms with Gasteiger partial charge >= 0.3 is 6.09 Å². The van der Waals surface area contributed by atoms with Crippen LogP contribution in [0.1, 0.15) is 5.56 Å². The molecular weight excluding hydrogens is 248 g/mol. The lowest BCUT2D eigenvalue weighted by atomic mass is 10.2. The Hall–Kier alpha value is -2.24. The van der Waals surface area contributed by atoms with Gasteiger partial charge in [0.05, 0.1) is 18.7 Å². The van der Waals surface area contributed by atoms with Crippen LogP contribution in [0.5, 0.6) is 0 Å². The van der Waals surface area contributed by atoms with Gasteiger partial charge in [0, 0.05) is 11.5 Å². The minimum absolute atomic E-state index is 0.122. The van der Waals surface area contributed by atoms with E-state index in [1.165, 1.54) is 4.90 Å². The van der Waals surface area contributed by atoms with Gasteiger partial charge in [-0.2, -0.15) is 0 Å². The fraction of sp³-hybridized carbons (Fsp3) is 0.417. The van der Waals surface area contributed by atoms with Crippen LogP contribution in [0.15, 0.2) is 35.4 Å². The number of hydrogen-bond acceptors (Lipinski definition) is 4. The van der Waals surface area contributed by atoms with Crippen LogP contribution in [0, 0.1) is 0 Å². The summed E-state index contributed by atoms with van der Waals surface area (Å²) in [4.78, 5) is 15.8. The molecule has 1 heterocycles. The number of carbonyl (C=O) groups excluding carboxylic acids is 1. The van der Waals surface area contributed by atoms with E-state index in [4.69, 9.17) is 10.3 Å². The Balaban J connectivity index is 1.86. The van der Waals surface area contributed by atoms with Crippen molar-refractivity contribution in [1.29, 1.82) is 0 Å². The predicted octanol–water partition coefficient (Wildman–Crippen LogP) is 1.68. The predicted molar refractivity (Wildman–Crippen MR) is 67.1 cm³/mol. The van der Waals surface area contributed by atoms with Crippen LogP contribution in [0.2, 0.25) is 0 Å². The van der Waals surface area contributed by atoms with E-state index in [9.17, 15) is 9.90 Å². The van der Waals surface area contributed by atoms with Gasteiger partial charge in [0.1, 0.15) is 6.61 Å². The number of hydrogen-bond donors (Lipinski definition) is 1. The molecule has 1 aromatic carbocycles. The molecule has 1 N–H and O–H groups in total. The molecule has 1 aromatic rings. The molecule has 2 atom stereocenters. The summed E-state index contributed by atoms with van der Waals surface area (Å²) in [5.74, 6) is 0. The maximum absolute atomic E-state index is 11.8. The highest BCUT2D eigenvalue weighted by atomic mass is 16.6. The van der Waals surface area contributed by atoms with E-state index in [0.29, 0.717) is 0 Å². The highest BCUT2D eigenvalue weighted by molar-refractivity contribution is 5.68. The van der Waals surface area contributed by atoms with Gasteiger partial charge in [-0.3, -0.25) is 0 Å². The summed E-state index contributed by atoms with van der Waals surface area (Å²) in [5, 5.41) is 13.0. The van der Waals surface area contributed by atoms with E-state index < -0.39 is 18.2 Å². The minimum atomic E-state index is -0.833. The average Bonchev–Trinajstić information content (AvgIpc) is 2.79. The van der Waals surface area contributed by atoms with Crippen molar-refractivity contribution >= 4 is 6.09 Å². The monoisotopic (exact) mass is 262 g/mol. The third-order valence-electron chi connectivity index (χ3n) is 2.92. The van der Waals surface area contributed by atoms with E-state index in [2.05, 4.69) is 10.0 Å². The molecule has 1 amide bonds. The number of benzene rings is 1. The van der Waals surface area contributed by atoms with E-state index in [-0.39, 0.29) is 19.7 Å². The molecule has 1 aliphatic rings. The first-order valence-corrected chi connectivity index (χ1v) is 5.88. The topological polar surface area (TPSA) is 98.5 Å². The first-order valence-electron chi connectivity index (χ1n) is 5.88. The zero-order chi connectivity index (χ0) is 13.7. The highest BCUT2D eigenvalue weighted by Crippen LogP contribution is 2.15. The van der Waals surface area contributed by atoms with Crippen LogP contribution < -0.4 is 0 Å². The van der Waals surface area contributed by atoms with Crippen molar-refractivity contribution in [3.63, 3.8) is 0 Å². The van der Waals surface area contributed by atoms with Crippen molar-refractivity contribution in [3.05, 3.63) is 46.3 Å². The lowest BCUT2D eigenvalue weighted by Crippen LogP contribution is -2.30. The fourth-order valence-corrected chi connectivity index (χ4v) is 1.91. The van der Waals surface area contributed by atoms with Crippen molar-refractivity contribution in [2.24, 2.45) is 5.11 Å². The number of nitrogens with zero attached hydrogens (tertiary/aromatic N) is 4. The van der Waals surface area contributed by atoms with Gasteiger partial charge in [0.2, 0.25) is 0 Å². The number of likely N-dealkylation sites (tertiary alicyclic amines) is 1. The highest BCUT2D eigenvalue weighted by Gasteiger charge is 2.34. The zero-order valence-corrected chi connectivity index (χ0v) is 10.2. The van der Waals surface area contributed by atoms with Crippen LogP contribution in [-0.2, 0) is 11.3 Å². The molecule has 19 heavy (non-hydrogen) atoms. The third-order valence-corrected chi connectivity index (χ3v) is 2.92. The van der Waals surface area contributed by atoms with Crippen molar-refractivity contribution in [2.45, 2.75) is 18.8 Å². The average molecular weight is 262 g/mol. The maximum Gasteiger partial charge on any atom is 0.410 e. The van der Waals surface area contributed by atoms with Crippen molar-refractivity contribution in [2.75, 3.05) is 13.1 Å². The van der Waals surface area contributed by atoms with Crippen LogP contribution in [0.25, 0.3) is 10.4 Å². The molecule has 100 valence electrons. The molecular formula is C12H14N4O3. The summed E-state index contributed by atoms with van der Waals surface area (Å²) < 4.78 is 5.13. The van der Waals surface area contributed by atoms with E-state index in [1.54, 1.807) is 0 Å². The Morgan fingerprint density at radius 2 is 2.21 bits per heavy atom. The van der Waals surface area contributed by atoms with Crippen LogP contribution in [0.4, 0.5) is 4.79 Å². The van der Waals surface area contributed by atoms with Crippen molar-refractivity contribution in [3.8, 4) is 0 Å². The molecule has 0 saturated carbocycles. The Morgan fingerprint density at radius 3 is 2.89 bits per heavy atom. The third kappa shape index (κ3) is 3.37. The molecule has 2 rings (SSSR count). The van der Waals surface area contributed by atoms with Gasteiger partial charge in [-0.25, -0.2) is 4.79 Å². The van der Waals surface area contributed by atoms with Gasteiger partial charge < -0.3 is 14.7 Å². The Morgan fingerprint density at radius 1 is 1.47 bits per heavy atom. The first kappa shape index (κ1) is 13.2. The number of aliphatic hydroxyl groups excluding tert-OH is 1. The number of β-amino-alcohol motifs (C(OH)–C–C–N with tert-alkyl or cyclic N) is 1. The molecule has 0 radical (unpaired) electrons. The van der Waals surface area contributed by atoms with Gasteiger partial charge in [0.25, 0.3) is 0 Å². The summed E-state index contributed by atoms with van der Waals surface area (Å²) in [7, 11) is 0. The standard InChI is InChI=1S/C12H14N4O3/c13-15-14-10-6-16(7-11(10)17)12(18)19-8-9-4-2-1-3-5-9/h1-5,10-11,17H,6-8H2/t10-,11-/m0/s1. The van der Waals surface area contributed by atoms with Gasteiger partial charge in [-0.1, -0.05) is 35.4 Å². The molecule has 1 aliphatic heterocycles. The maximum atomic E-state index is 11.8. The Kier molecular flexibility index (Phi) is 4.22. The molecule has 7 nitrogen and oxygen atoms in total. The SMILES string of the molecule is [N-]=[N+]=N[C@H]1CN(C(=O)OCc2ccccc2)C[C@@H]1O. The molecule has 0 unspecified atom stereocenters. The fourth-order valence-electron chi connectivity index (χ4n) is 1.91. The molecule has 0 aromatic heterocycles. The normalized spacial score (nSPS) is 21.8. The lowest BCUT2D eigenvalue weighted by molar-refractivity contribution is 0.0971. The molecule has 0 aliphatic carbocycles. The van der Waals surface area contributed by atoms with E-state index in [1.807, 2.05) is 30.3 Å². The second-order valence-electron chi connectivity index (χ2n) is 4.28. The molecule has 0 spiro atoms. The number of azide groups is 1. The number of rotatable bonds is 3. The van der Waals surface area contributed by atoms with Crippen LogP contribution in [0.3, 0.4) is 0 Å². The largest absolute Gasteiger partial charge is 0.445 e. The smallest absolute Gasteiger partial charge is 0.410 e. The molecule has 7 heteroatoms. The molecule has 0 bridgehead atoms. The van der Waals surface area contributed by atoms with E-state index in [0.717, 1.165) is 5.56 Å². The lowest BCUT2D eigenvalue weighted by Gasteiger charge is -2.15. The van der Waals surface area contributed by atoms with Crippen LogP contribution in [-0.4, -0.2) is 41.3 Å². The zero-order valence-electron chi connectivity index (χ0n) is 10.2. The van der Waals surface area contributed by atoms with Crippen molar-refractivity contribution in [1.82, 2.24) is 4.90 Å². The molecule has 1 saturated heterocycles. The minimum Gasteiger partial charge on any atom is -0.445 e. The Bertz CT molecular complexity index is 487. The van der Waals surface area contributed by atoms with Crippen LogP contribution >= 0.6 is 0 Å². The van der Waals surface area contributed by atoms with Gasteiger partial charge in [-0.05, 0) is 11.1 Å².